The molecule has 1 amide bonds. The summed E-state index contributed by atoms with van der Waals surface area (Å²) in [6.45, 7) is 7.08. The third-order valence-electron chi connectivity index (χ3n) is 5.07. The highest BCUT2D eigenvalue weighted by atomic mass is 32.2. The summed E-state index contributed by atoms with van der Waals surface area (Å²) < 4.78 is 51.8. The molecular formula is C19H29F2N3O3S. The molecule has 1 aromatic rings. The molecular weight excluding hydrogens is 388 g/mol. The van der Waals surface area contributed by atoms with Crippen molar-refractivity contribution in [3.8, 4) is 0 Å². The van der Waals surface area contributed by atoms with Crippen molar-refractivity contribution in [1.82, 2.24) is 10.2 Å². The minimum absolute atomic E-state index is 0.0912. The molecule has 1 fully saturated rings. The molecule has 1 aliphatic rings. The van der Waals surface area contributed by atoms with Gasteiger partial charge in [-0.2, -0.15) is 0 Å². The fraction of sp³-hybridized carbons (Fsp3) is 0.632. The van der Waals surface area contributed by atoms with Crippen molar-refractivity contribution in [1.29, 1.82) is 0 Å². The van der Waals surface area contributed by atoms with Crippen molar-refractivity contribution < 1.29 is 22.0 Å². The van der Waals surface area contributed by atoms with E-state index in [1.807, 2.05) is 0 Å². The lowest BCUT2D eigenvalue weighted by molar-refractivity contribution is -0.121. The fourth-order valence-electron chi connectivity index (χ4n) is 3.38. The van der Waals surface area contributed by atoms with Crippen LogP contribution in [0.2, 0.25) is 0 Å². The van der Waals surface area contributed by atoms with E-state index in [-0.39, 0.29) is 5.69 Å². The number of likely N-dealkylation sites (tertiary alicyclic amines) is 1. The van der Waals surface area contributed by atoms with E-state index in [2.05, 4.69) is 17.1 Å². The molecule has 1 aliphatic heterocycles. The van der Waals surface area contributed by atoms with Gasteiger partial charge < -0.3 is 10.2 Å². The van der Waals surface area contributed by atoms with Crippen LogP contribution in [-0.4, -0.2) is 57.7 Å². The van der Waals surface area contributed by atoms with Crippen molar-refractivity contribution in [3.63, 3.8) is 0 Å². The molecule has 0 unspecified atom stereocenters. The van der Waals surface area contributed by atoms with E-state index in [9.17, 15) is 22.0 Å². The molecule has 1 atom stereocenters. The van der Waals surface area contributed by atoms with Crippen molar-refractivity contribution in [3.05, 3.63) is 29.8 Å². The van der Waals surface area contributed by atoms with Gasteiger partial charge >= 0.3 is 0 Å². The van der Waals surface area contributed by atoms with Crippen LogP contribution in [0.1, 0.15) is 33.1 Å². The van der Waals surface area contributed by atoms with E-state index < -0.39 is 33.6 Å². The lowest BCUT2D eigenvalue weighted by Gasteiger charge is -2.30. The van der Waals surface area contributed by atoms with Crippen LogP contribution < -0.4 is 9.62 Å². The Morgan fingerprint density at radius 1 is 1.29 bits per heavy atom. The first-order valence-electron chi connectivity index (χ1n) is 9.54. The Labute approximate surface area is 165 Å². The van der Waals surface area contributed by atoms with Crippen molar-refractivity contribution in [2.45, 2.75) is 39.2 Å². The molecule has 1 N–H and O–H groups in total. The zero-order valence-electron chi connectivity index (χ0n) is 16.6. The third kappa shape index (κ3) is 6.13. The van der Waals surface area contributed by atoms with Crippen LogP contribution in [0.25, 0.3) is 0 Å². The largest absolute Gasteiger partial charge is 0.354 e. The van der Waals surface area contributed by atoms with Crippen molar-refractivity contribution >= 4 is 21.6 Å². The predicted molar refractivity (Wildman–Crippen MR) is 106 cm³/mol. The summed E-state index contributed by atoms with van der Waals surface area (Å²) in [6, 6.07) is 1.67. The van der Waals surface area contributed by atoms with E-state index in [0.29, 0.717) is 6.54 Å². The van der Waals surface area contributed by atoms with Gasteiger partial charge in [-0.3, -0.25) is 9.10 Å². The number of hydrogen-bond donors (Lipinski definition) is 1. The third-order valence-corrected chi connectivity index (χ3v) is 6.31. The van der Waals surface area contributed by atoms with Gasteiger partial charge in [0.1, 0.15) is 6.04 Å². The molecule has 0 aromatic heterocycles. The van der Waals surface area contributed by atoms with Gasteiger partial charge in [-0.05, 0) is 63.9 Å². The van der Waals surface area contributed by atoms with E-state index >= 15 is 0 Å². The molecule has 1 saturated heterocycles. The summed E-state index contributed by atoms with van der Waals surface area (Å²) in [7, 11) is -3.87. The van der Waals surface area contributed by atoms with Gasteiger partial charge in [0.2, 0.25) is 15.9 Å². The number of nitrogens with one attached hydrogen (secondary N) is 1. The Morgan fingerprint density at radius 2 is 1.93 bits per heavy atom. The Kier molecular flexibility index (Phi) is 7.77. The Balaban J connectivity index is 1.93. The maximum absolute atomic E-state index is 13.5. The van der Waals surface area contributed by atoms with Gasteiger partial charge in [-0.15, -0.1) is 0 Å². The smallest absolute Gasteiger partial charge is 0.243 e. The minimum atomic E-state index is -3.87. The SMILES string of the molecule is CC1CCN(CCCNC(=O)[C@H](C)N(c2ccc(F)c(F)c2)S(C)(=O)=O)CC1. The molecule has 2 rings (SSSR count). The first-order valence-corrected chi connectivity index (χ1v) is 11.4. The van der Waals surface area contributed by atoms with E-state index in [4.69, 9.17) is 0 Å². The van der Waals surface area contributed by atoms with E-state index in [1.165, 1.54) is 19.8 Å². The quantitative estimate of drug-likeness (QED) is 0.660. The Bertz CT molecular complexity index is 781. The second kappa shape index (κ2) is 9.65. The minimum Gasteiger partial charge on any atom is -0.354 e. The monoisotopic (exact) mass is 417 g/mol. The average molecular weight is 418 g/mol. The van der Waals surface area contributed by atoms with Gasteiger partial charge in [0.25, 0.3) is 0 Å². The van der Waals surface area contributed by atoms with Crippen molar-refractivity contribution in [2.75, 3.05) is 36.7 Å². The number of hydrogen-bond acceptors (Lipinski definition) is 4. The number of sulfonamides is 1. The van der Waals surface area contributed by atoms with Gasteiger partial charge in [0.15, 0.2) is 11.6 Å². The molecule has 1 aromatic carbocycles. The molecule has 0 radical (unpaired) electrons. The summed E-state index contributed by atoms with van der Waals surface area (Å²) in [6.07, 6.45) is 4.05. The second-order valence-electron chi connectivity index (χ2n) is 7.50. The number of carbonyl (C=O) groups is 1. The molecule has 158 valence electrons. The number of nitrogens with zero attached hydrogens (tertiary/aromatic N) is 2. The number of rotatable bonds is 8. The van der Waals surface area contributed by atoms with E-state index in [0.717, 1.165) is 60.7 Å². The van der Waals surface area contributed by atoms with E-state index in [1.54, 1.807) is 0 Å². The summed E-state index contributed by atoms with van der Waals surface area (Å²) in [5.41, 5.74) is -0.0912. The molecule has 0 aliphatic carbocycles. The highest BCUT2D eigenvalue weighted by molar-refractivity contribution is 7.92. The molecule has 0 bridgehead atoms. The predicted octanol–water partition coefficient (Wildman–Crippen LogP) is 2.36. The number of amides is 1. The number of benzene rings is 1. The summed E-state index contributed by atoms with van der Waals surface area (Å²) >= 11 is 0. The Morgan fingerprint density at radius 3 is 2.50 bits per heavy atom. The first-order chi connectivity index (χ1) is 13.1. The lowest BCUT2D eigenvalue weighted by atomic mass is 9.99. The zero-order valence-corrected chi connectivity index (χ0v) is 17.4. The second-order valence-corrected chi connectivity index (χ2v) is 9.36. The topological polar surface area (TPSA) is 69.7 Å². The van der Waals surface area contributed by atoms with Crippen LogP contribution >= 0.6 is 0 Å². The van der Waals surface area contributed by atoms with Crippen LogP contribution in [0.3, 0.4) is 0 Å². The molecule has 28 heavy (non-hydrogen) atoms. The maximum atomic E-state index is 13.5. The Hall–Kier alpha value is -1.74. The summed E-state index contributed by atoms with van der Waals surface area (Å²) in [5, 5.41) is 2.74. The van der Waals surface area contributed by atoms with Gasteiger partial charge in [-0.25, -0.2) is 17.2 Å². The van der Waals surface area contributed by atoms with Crippen molar-refractivity contribution in [2.24, 2.45) is 5.92 Å². The van der Waals surface area contributed by atoms with Crippen LogP contribution in [0.5, 0.6) is 0 Å². The number of anilines is 1. The standard InChI is InChI=1S/C19H29F2N3O3S/c1-14-7-11-23(12-8-14)10-4-9-22-19(25)15(2)24(28(3,26)27)16-5-6-17(20)18(21)13-16/h5-6,13-15H,4,7-12H2,1-3H3,(H,22,25)/t15-/m0/s1. The summed E-state index contributed by atoms with van der Waals surface area (Å²) in [4.78, 5) is 14.8. The number of piperidine rings is 1. The van der Waals surface area contributed by atoms with Gasteiger partial charge in [0, 0.05) is 12.6 Å². The maximum Gasteiger partial charge on any atom is 0.243 e. The molecule has 0 saturated carbocycles. The van der Waals surface area contributed by atoms with Crippen LogP contribution in [0.4, 0.5) is 14.5 Å². The summed E-state index contributed by atoms with van der Waals surface area (Å²) in [5.74, 6) is -1.98. The highest BCUT2D eigenvalue weighted by Gasteiger charge is 2.29. The molecule has 1 heterocycles. The highest BCUT2D eigenvalue weighted by Crippen LogP contribution is 2.23. The lowest BCUT2D eigenvalue weighted by Crippen LogP contribution is -2.48. The van der Waals surface area contributed by atoms with Gasteiger partial charge in [0.05, 0.1) is 11.9 Å². The number of carbonyl (C=O) groups excluding carboxylic acids is 1. The van der Waals surface area contributed by atoms with Crippen LogP contribution in [-0.2, 0) is 14.8 Å². The van der Waals surface area contributed by atoms with Crippen LogP contribution in [0, 0.1) is 17.6 Å². The van der Waals surface area contributed by atoms with Gasteiger partial charge in [-0.1, -0.05) is 6.92 Å². The normalized spacial score (nSPS) is 17.3. The molecule has 0 spiro atoms. The first kappa shape index (κ1) is 22.5. The average Bonchev–Trinajstić information content (AvgIpc) is 2.62. The van der Waals surface area contributed by atoms with Crippen LogP contribution in [0.15, 0.2) is 18.2 Å². The molecule has 9 heteroatoms. The zero-order chi connectivity index (χ0) is 20.9. The number of halogens is 2. The molecule has 6 nitrogen and oxygen atoms in total. The fourth-order valence-corrected chi connectivity index (χ4v) is 4.55.